The maximum atomic E-state index is 13.3. The first-order chi connectivity index (χ1) is 14.5. The fraction of sp³-hybridized carbons (Fsp3) is 0.316. The van der Waals surface area contributed by atoms with Crippen LogP contribution in [0.25, 0.3) is 0 Å². The van der Waals surface area contributed by atoms with E-state index in [-0.39, 0.29) is 44.5 Å². The van der Waals surface area contributed by atoms with E-state index in [0.717, 1.165) is 23.5 Å². The Bertz CT molecular complexity index is 1010. The topological polar surface area (TPSA) is 76.7 Å². The smallest absolute Gasteiger partial charge is 0.418 e. The van der Waals surface area contributed by atoms with E-state index in [0.29, 0.717) is 5.56 Å². The highest BCUT2D eigenvalue weighted by molar-refractivity contribution is 7.80. The van der Waals surface area contributed by atoms with Crippen molar-refractivity contribution >= 4 is 62.9 Å². The van der Waals surface area contributed by atoms with E-state index in [4.69, 9.17) is 33.3 Å². The van der Waals surface area contributed by atoms with Crippen LogP contribution in [0.15, 0.2) is 18.2 Å². The van der Waals surface area contributed by atoms with Gasteiger partial charge < -0.3 is 20.1 Å². The highest BCUT2D eigenvalue weighted by Gasteiger charge is 2.34. The molecule has 0 aliphatic heterocycles. The number of hydrogen-bond donors (Lipinski definition) is 2. The van der Waals surface area contributed by atoms with Gasteiger partial charge in [0, 0.05) is 5.02 Å². The summed E-state index contributed by atoms with van der Waals surface area (Å²) in [5.41, 5.74) is -0.976. The maximum Gasteiger partial charge on any atom is 0.418 e. The number of carbonyl (C=O) groups is 2. The number of carbonyl (C=O) groups excluding carboxylic acids is 2. The molecule has 0 amide bonds. The molecule has 0 aliphatic rings. The van der Waals surface area contributed by atoms with Crippen LogP contribution in [0, 0.1) is 6.92 Å². The van der Waals surface area contributed by atoms with E-state index in [1.165, 1.54) is 13.0 Å². The third-order valence-electron chi connectivity index (χ3n) is 3.85. The van der Waals surface area contributed by atoms with Gasteiger partial charge in [0.2, 0.25) is 0 Å². The minimum absolute atomic E-state index is 0.0474. The first-order valence-electron chi connectivity index (χ1n) is 8.91. The summed E-state index contributed by atoms with van der Waals surface area (Å²) in [6.45, 7) is 5.01. The van der Waals surface area contributed by atoms with E-state index in [2.05, 4.69) is 10.6 Å². The standard InChI is InChI=1S/C19H18ClF3N2O4S2/c1-4-28-16(26)13-9(3)14(17(27)29-5-2)31-15(13)25-18(30)24-12-7-6-10(20)8-11(12)19(21,22)23/h6-8H,4-5H2,1-3H3,(H2,24,25,30). The first-order valence-corrected chi connectivity index (χ1v) is 10.5. The van der Waals surface area contributed by atoms with Gasteiger partial charge in [0.15, 0.2) is 5.11 Å². The van der Waals surface area contributed by atoms with Gasteiger partial charge in [-0.15, -0.1) is 11.3 Å². The molecule has 0 radical (unpaired) electrons. The lowest BCUT2D eigenvalue weighted by Crippen LogP contribution is -2.22. The molecule has 0 atom stereocenters. The summed E-state index contributed by atoms with van der Waals surface area (Å²) in [7, 11) is 0. The molecule has 1 aromatic carbocycles. The molecule has 1 heterocycles. The zero-order valence-corrected chi connectivity index (χ0v) is 19.0. The Labute approximate surface area is 190 Å². The zero-order valence-electron chi connectivity index (χ0n) is 16.6. The molecule has 2 rings (SSSR count). The number of halogens is 4. The van der Waals surface area contributed by atoms with Crippen LogP contribution in [0.2, 0.25) is 5.02 Å². The molecule has 0 bridgehead atoms. The van der Waals surface area contributed by atoms with Gasteiger partial charge in [-0.2, -0.15) is 13.2 Å². The highest BCUT2D eigenvalue weighted by Crippen LogP contribution is 2.37. The number of benzene rings is 1. The second-order valence-corrected chi connectivity index (χ2v) is 7.83. The Kier molecular flexibility index (Phi) is 8.27. The van der Waals surface area contributed by atoms with Gasteiger partial charge in [0.25, 0.3) is 0 Å². The van der Waals surface area contributed by atoms with Crippen molar-refractivity contribution < 1.29 is 32.2 Å². The Balaban J connectivity index is 2.38. The normalized spacial score (nSPS) is 11.1. The Morgan fingerprint density at radius 3 is 2.32 bits per heavy atom. The van der Waals surface area contributed by atoms with Crippen molar-refractivity contribution in [1.82, 2.24) is 0 Å². The van der Waals surface area contributed by atoms with Gasteiger partial charge in [0.05, 0.1) is 30.0 Å². The number of alkyl halides is 3. The van der Waals surface area contributed by atoms with Crippen molar-refractivity contribution in [1.29, 1.82) is 0 Å². The van der Waals surface area contributed by atoms with Gasteiger partial charge in [0.1, 0.15) is 9.88 Å². The lowest BCUT2D eigenvalue weighted by atomic mass is 10.1. The van der Waals surface area contributed by atoms with Gasteiger partial charge in [-0.1, -0.05) is 11.6 Å². The van der Waals surface area contributed by atoms with Crippen LogP contribution < -0.4 is 10.6 Å². The number of nitrogens with one attached hydrogen (secondary N) is 2. The number of anilines is 2. The molecule has 0 aliphatic carbocycles. The molecular weight excluding hydrogens is 477 g/mol. The van der Waals surface area contributed by atoms with Crippen LogP contribution in [0.3, 0.4) is 0 Å². The summed E-state index contributed by atoms with van der Waals surface area (Å²) in [4.78, 5) is 24.8. The summed E-state index contributed by atoms with van der Waals surface area (Å²) >= 11 is 11.7. The second kappa shape index (κ2) is 10.3. The molecule has 0 unspecified atom stereocenters. The van der Waals surface area contributed by atoms with Gasteiger partial charge >= 0.3 is 18.1 Å². The summed E-state index contributed by atoms with van der Waals surface area (Å²) < 4.78 is 49.9. The maximum absolute atomic E-state index is 13.3. The number of esters is 2. The van der Waals surface area contributed by atoms with Gasteiger partial charge in [-0.3, -0.25) is 0 Å². The Morgan fingerprint density at radius 2 is 1.74 bits per heavy atom. The molecule has 6 nitrogen and oxygen atoms in total. The van der Waals surface area contributed by atoms with Crippen LogP contribution in [0.4, 0.5) is 23.9 Å². The second-order valence-electron chi connectivity index (χ2n) is 5.97. The first kappa shape index (κ1) is 24.9. The van der Waals surface area contributed by atoms with Crippen LogP contribution in [-0.4, -0.2) is 30.3 Å². The predicted molar refractivity (Wildman–Crippen MR) is 117 cm³/mol. The van der Waals surface area contributed by atoms with Crippen molar-refractivity contribution in [3.8, 4) is 0 Å². The monoisotopic (exact) mass is 494 g/mol. The lowest BCUT2D eigenvalue weighted by molar-refractivity contribution is -0.136. The Morgan fingerprint density at radius 1 is 1.13 bits per heavy atom. The molecule has 168 valence electrons. The minimum atomic E-state index is -4.67. The number of hydrogen-bond acceptors (Lipinski definition) is 6. The highest BCUT2D eigenvalue weighted by atomic mass is 35.5. The van der Waals surface area contributed by atoms with Crippen molar-refractivity contribution in [3.05, 3.63) is 44.8 Å². The van der Waals surface area contributed by atoms with E-state index in [1.54, 1.807) is 13.8 Å². The summed E-state index contributed by atoms with van der Waals surface area (Å²) in [6, 6.07) is 3.18. The summed E-state index contributed by atoms with van der Waals surface area (Å²) in [5.74, 6) is -1.35. The largest absolute Gasteiger partial charge is 0.462 e. The number of ether oxygens (including phenoxy) is 2. The van der Waals surface area contributed by atoms with Crippen molar-refractivity contribution in [2.45, 2.75) is 26.9 Å². The van der Waals surface area contributed by atoms with Crippen LogP contribution in [-0.2, 0) is 15.7 Å². The predicted octanol–water partition coefficient (Wildman–Crippen LogP) is 5.89. The third kappa shape index (κ3) is 6.08. The quantitative estimate of drug-likeness (QED) is 0.383. The summed E-state index contributed by atoms with van der Waals surface area (Å²) in [6.07, 6.45) is -4.67. The third-order valence-corrected chi connectivity index (χ3v) is 5.48. The van der Waals surface area contributed by atoms with Gasteiger partial charge in [-0.05, 0) is 56.8 Å². The van der Waals surface area contributed by atoms with Crippen molar-refractivity contribution in [2.75, 3.05) is 23.8 Å². The van der Waals surface area contributed by atoms with E-state index >= 15 is 0 Å². The molecule has 1 aromatic heterocycles. The minimum Gasteiger partial charge on any atom is -0.462 e. The zero-order chi connectivity index (χ0) is 23.3. The van der Waals surface area contributed by atoms with Gasteiger partial charge in [-0.25, -0.2) is 9.59 Å². The summed E-state index contributed by atoms with van der Waals surface area (Å²) in [5, 5.41) is 4.96. The fourth-order valence-electron chi connectivity index (χ4n) is 2.56. The van der Waals surface area contributed by atoms with E-state index in [1.807, 2.05) is 0 Å². The molecule has 12 heteroatoms. The van der Waals surface area contributed by atoms with Crippen LogP contribution in [0.1, 0.15) is 45.0 Å². The van der Waals surface area contributed by atoms with Crippen LogP contribution >= 0.6 is 35.2 Å². The van der Waals surface area contributed by atoms with Crippen molar-refractivity contribution in [2.24, 2.45) is 0 Å². The lowest BCUT2D eigenvalue weighted by Gasteiger charge is -2.16. The average Bonchev–Trinajstić information content (AvgIpc) is 2.98. The van der Waals surface area contributed by atoms with Crippen molar-refractivity contribution in [3.63, 3.8) is 0 Å². The van der Waals surface area contributed by atoms with E-state index in [9.17, 15) is 22.8 Å². The molecular formula is C19H18ClF3N2O4S2. The molecule has 31 heavy (non-hydrogen) atoms. The Hall–Kier alpha value is -2.37. The fourth-order valence-corrected chi connectivity index (χ4v) is 4.10. The molecule has 0 fully saturated rings. The number of rotatable bonds is 6. The van der Waals surface area contributed by atoms with E-state index < -0.39 is 23.7 Å². The molecule has 0 saturated heterocycles. The van der Waals surface area contributed by atoms with Crippen LogP contribution in [0.5, 0.6) is 0 Å². The molecule has 2 aromatic rings. The average molecular weight is 495 g/mol. The molecule has 0 spiro atoms. The molecule has 2 N–H and O–H groups in total. The molecule has 0 saturated carbocycles. The SMILES string of the molecule is CCOC(=O)c1sc(NC(=S)Nc2ccc(Cl)cc2C(F)(F)F)c(C(=O)OCC)c1C. The number of thiocarbonyl (C=S) groups is 1. The number of thiophene rings is 1.